The number of thioether (sulfide) groups is 1. The summed E-state index contributed by atoms with van der Waals surface area (Å²) in [7, 11) is 0. The predicted molar refractivity (Wildman–Crippen MR) is 82.7 cm³/mol. The highest BCUT2D eigenvalue weighted by Gasteiger charge is 2.63. The molecule has 2 aromatic rings. The van der Waals surface area contributed by atoms with Crippen molar-refractivity contribution in [3.8, 4) is 5.75 Å². The molecule has 0 atom stereocenters. The van der Waals surface area contributed by atoms with Crippen molar-refractivity contribution in [1.29, 1.82) is 0 Å². The van der Waals surface area contributed by atoms with E-state index in [0.717, 1.165) is 12.1 Å². The number of alkyl halides is 4. The average Bonchev–Trinajstić information content (AvgIpc) is 2.60. The minimum atomic E-state index is -4.64. The lowest BCUT2D eigenvalue weighted by Crippen LogP contribution is -2.45. The van der Waals surface area contributed by atoms with Crippen LogP contribution >= 0.6 is 11.8 Å². The zero-order chi connectivity index (χ0) is 18.9. The Kier molecular flexibility index (Phi) is 4.70. The van der Waals surface area contributed by atoms with E-state index >= 15 is 0 Å². The van der Waals surface area contributed by atoms with Crippen LogP contribution in [0, 0.1) is 0 Å². The van der Waals surface area contributed by atoms with Gasteiger partial charge in [0.1, 0.15) is 17.8 Å². The summed E-state index contributed by atoms with van der Waals surface area (Å²) in [5.74, 6) is -1.29. The van der Waals surface area contributed by atoms with Crippen LogP contribution in [0.3, 0.4) is 0 Å². The van der Waals surface area contributed by atoms with Crippen molar-refractivity contribution in [2.24, 2.45) is 0 Å². The van der Waals surface area contributed by atoms with Gasteiger partial charge in [0.15, 0.2) is 11.6 Å². The molecule has 0 N–H and O–H groups in total. The van der Waals surface area contributed by atoms with Crippen molar-refractivity contribution in [2.75, 3.05) is 0 Å². The summed E-state index contributed by atoms with van der Waals surface area (Å²) in [6.07, 6.45) is -2.37. The van der Waals surface area contributed by atoms with Crippen molar-refractivity contribution >= 4 is 23.3 Å². The molecular formula is C16H10F4N2O3S. The first kappa shape index (κ1) is 18.3. The number of benzene rings is 1. The van der Waals surface area contributed by atoms with Gasteiger partial charge in [0, 0.05) is 24.6 Å². The van der Waals surface area contributed by atoms with E-state index in [4.69, 9.17) is 0 Å². The van der Waals surface area contributed by atoms with Crippen molar-refractivity contribution < 1.29 is 31.9 Å². The minimum Gasteiger partial charge on any atom is -0.426 e. The van der Waals surface area contributed by atoms with E-state index < -0.39 is 22.9 Å². The first-order valence-corrected chi connectivity index (χ1v) is 8.11. The van der Waals surface area contributed by atoms with Crippen LogP contribution in [0.4, 0.5) is 17.6 Å². The number of hydrogen-bond donors (Lipinski definition) is 0. The first-order valence-electron chi connectivity index (χ1n) is 7.30. The lowest BCUT2D eigenvalue weighted by molar-refractivity contribution is -0.273. The van der Waals surface area contributed by atoms with Crippen molar-refractivity contribution in [2.45, 2.75) is 29.1 Å². The number of rotatable bonds is 5. The molecule has 0 saturated carbocycles. The molecular weight excluding hydrogens is 376 g/mol. The Morgan fingerprint density at radius 1 is 1.08 bits per heavy atom. The second-order valence-electron chi connectivity index (χ2n) is 5.34. The number of carbonyl (C=O) groups excluding carboxylic acids is 2. The molecule has 0 aliphatic carbocycles. The van der Waals surface area contributed by atoms with Gasteiger partial charge < -0.3 is 4.74 Å². The van der Waals surface area contributed by atoms with Gasteiger partial charge in [-0.25, -0.2) is 9.97 Å². The van der Waals surface area contributed by atoms with Gasteiger partial charge in [0.2, 0.25) is 0 Å². The van der Waals surface area contributed by atoms with E-state index in [1.54, 1.807) is 0 Å². The molecule has 26 heavy (non-hydrogen) atoms. The summed E-state index contributed by atoms with van der Waals surface area (Å²) >= 11 is -0.370. The highest BCUT2D eigenvalue weighted by molar-refractivity contribution is 8.00. The van der Waals surface area contributed by atoms with Crippen LogP contribution in [0.5, 0.6) is 5.75 Å². The number of aromatic nitrogens is 2. The van der Waals surface area contributed by atoms with Gasteiger partial charge in [-0.3, -0.25) is 9.59 Å². The predicted octanol–water partition coefficient (Wildman–Crippen LogP) is 3.99. The topological polar surface area (TPSA) is 69.2 Å². The van der Waals surface area contributed by atoms with Crippen LogP contribution in [-0.2, 0) is 0 Å². The summed E-state index contributed by atoms with van der Waals surface area (Å²) in [6, 6.07) is 4.68. The molecule has 0 amide bonds. The summed E-state index contributed by atoms with van der Waals surface area (Å²) in [5, 5.41) is -4.45. The molecule has 0 unspecified atom stereocenters. The summed E-state index contributed by atoms with van der Waals surface area (Å²) < 4.78 is 57.2. The Labute approximate surface area is 148 Å². The minimum absolute atomic E-state index is 0.0244. The van der Waals surface area contributed by atoms with E-state index in [9.17, 15) is 27.2 Å². The van der Waals surface area contributed by atoms with Crippen molar-refractivity contribution in [3.05, 3.63) is 48.0 Å². The maximum absolute atomic E-state index is 13.4. The molecule has 0 bridgehead atoms. The zero-order valence-electron chi connectivity index (χ0n) is 12.9. The Morgan fingerprint density at radius 2 is 1.81 bits per heavy atom. The van der Waals surface area contributed by atoms with Gasteiger partial charge in [-0.15, -0.1) is 0 Å². The normalized spacial score (nSPS) is 17.1. The number of carbonyl (C=O) groups is 2. The molecule has 1 aliphatic rings. The Bertz CT molecular complexity index is 862. The average molecular weight is 386 g/mol. The van der Waals surface area contributed by atoms with Gasteiger partial charge in [0.05, 0.1) is 4.90 Å². The number of ketones is 2. The molecule has 0 fully saturated rings. The van der Waals surface area contributed by atoms with Crippen LogP contribution in [-0.4, -0.2) is 32.9 Å². The number of Topliss-reactive ketones (excluding diaryl/α,β-unsaturated/α-hetero) is 2. The van der Waals surface area contributed by atoms with Crippen LogP contribution in [0.1, 0.15) is 33.7 Å². The smallest absolute Gasteiger partial charge is 0.426 e. The lowest BCUT2D eigenvalue weighted by atomic mass is 10.0. The molecule has 0 radical (unpaired) electrons. The second kappa shape index (κ2) is 6.67. The highest BCUT2D eigenvalue weighted by atomic mass is 32.2. The second-order valence-corrected chi connectivity index (χ2v) is 6.50. The highest BCUT2D eigenvalue weighted by Crippen LogP contribution is 2.54. The molecule has 3 rings (SSSR count). The standard InChI is InChI=1S/C16H10F4N2O3S/c17-15(18)16(19,20)26-14-7-9(1-4-13(14)25-15)11(23)2-3-12(24)10-5-6-21-8-22-10/h1,4-8H,2-3H2. The fourth-order valence-corrected chi connectivity index (χ4v) is 3.03. The van der Waals surface area contributed by atoms with Crippen LogP contribution in [0.25, 0.3) is 0 Å². The van der Waals surface area contributed by atoms with Crippen LogP contribution in [0.15, 0.2) is 41.7 Å². The van der Waals surface area contributed by atoms with E-state index in [1.165, 1.54) is 24.7 Å². The lowest BCUT2D eigenvalue weighted by Gasteiger charge is -2.31. The van der Waals surface area contributed by atoms with Gasteiger partial charge in [0.25, 0.3) is 0 Å². The van der Waals surface area contributed by atoms with E-state index in [2.05, 4.69) is 14.7 Å². The van der Waals surface area contributed by atoms with Crippen molar-refractivity contribution in [1.82, 2.24) is 9.97 Å². The summed E-state index contributed by atoms with van der Waals surface area (Å²) in [4.78, 5) is 31.3. The molecule has 10 heteroatoms. The van der Waals surface area contributed by atoms with Gasteiger partial charge in [-0.05, 0) is 36.0 Å². The number of halogens is 4. The number of fused-ring (bicyclic) bond motifs is 1. The third-order valence-electron chi connectivity index (χ3n) is 3.53. The zero-order valence-corrected chi connectivity index (χ0v) is 13.7. The van der Waals surface area contributed by atoms with Gasteiger partial charge in [-0.1, -0.05) is 0 Å². The molecule has 2 heterocycles. The molecule has 0 saturated heterocycles. The monoisotopic (exact) mass is 386 g/mol. The van der Waals surface area contributed by atoms with E-state index in [-0.39, 0.29) is 46.5 Å². The van der Waals surface area contributed by atoms with E-state index in [0.29, 0.717) is 0 Å². The Balaban J connectivity index is 1.71. The largest absolute Gasteiger partial charge is 0.475 e. The molecule has 1 aromatic carbocycles. The number of hydrogen-bond acceptors (Lipinski definition) is 6. The molecule has 1 aromatic heterocycles. The molecule has 5 nitrogen and oxygen atoms in total. The molecule has 0 spiro atoms. The third-order valence-corrected chi connectivity index (χ3v) is 4.56. The SMILES string of the molecule is O=C(CCC(=O)c1ccncn1)c1ccc2c(c1)SC(F)(F)C(F)(F)O2. The fraction of sp³-hybridized carbons (Fsp3) is 0.250. The maximum Gasteiger partial charge on any atom is 0.475 e. The summed E-state index contributed by atoms with van der Waals surface area (Å²) in [6.45, 7) is 0. The molecule has 1 aliphatic heterocycles. The fourth-order valence-electron chi connectivity index (χ4n) is 2.20. The van der Waals surface area contributed by atoms with Gasteiger partial charge in [-0.2, -0.15) is 17.6 Å². The number of nitrogens with zero attached hydrogens (tertiary/aromatic N) is 2. The van der Waals surface area contributed by atoms with Crippen molar-refractivity contribution in [3.63, 3.8) is 0 Å². The van der Waals surface area contributed by atoms with Crippen LogP contribution < -0.4 is 4.74 Å². The Morgan fingerprint density at radius 3 is 2.50 bits per heavy atom. The van der Waals surface area contributed by atoms with Crippen LogP contribution in [0.2, 0.25) is 0 Å². The number of ether oxygens (including phenoxy) is 1. The quantitative estimate of drug-likeness (QED) is 0.572. The Hall–Kier alpha value is -2.49. The molecule has 136 valence electrons. The van der Waals surface area contributed by atoms with E-state index in [1.807, 2.05) is 0 Å². The maximum atomic E-state index is 13.4. The third kappa shape index (κ3) is 3.55. The first-order chi connectivity index (χ1) is 12.2. The summed E-state index contributed by atoms with van der Waals surface area (Å²) in [5.41, 5.74) is 0.181. The van der Waals surface area contributed by atoms with Gasteiger partial charge >= 0.3 is 11.4 Å².